The number of thioether (sulfide) groups is 1. The second kappa shape index (κ2) is 7.70. The van der Waals surface area contributed by atoms with Crippen molar-refractivity contribution in [3.8, 4) is 0 Å². The predicted octanol–water partition coefficient (Wildman–Crippen LogP) is 4.33. The van der Waals surface area contributed by atoms with Gasteiger partial charge in [-0.3, -0.25) is 9.59 Å². The van der Waals surface area contributed by atoms with Crippen molar-refractivity contribution in [3.05, 3.63) is 48.0 Å². The van der Waals surface area contributed by atoms with Crippen LogP contribution in [0.1, 0.15) is 18.9 Å². The van der Waals surface area contributed by atoms with Gasteiger partial charge in [0.25, 0.3) is 0 Å². The highest BCUT2D eigenvalue weighted by Crippen LogP contribution is 2.32. The van der Waals surface area contributed by atoms with Crippen LogP contribution in [0.15, 0.2) is 46.8 Å². The van der Waals surface area contributed by atoms with Crippen molar-refractivity contribution >= 4 is 56.5 Å². The molecule has 2 aromatic carbocycles. The van der Waals surface area contributed by atoms with Crippen LogP contribution in [0.25, 0.3) is 10.2 Å². The number of nitrogens with one attached hydrogen (secondary N) is 1. The third-order valence-electron chi connectivity index (χ3n) is 4.42. The second-order valence-corrected chi connectivity index (χ2v) is 8.66. The molecule has 4 rings (SSSR count). The summed E-state index contributed by atoms with van der Waals surface area (Å²) in [6.45, 7) is 2.26. The summed E-state index contributed by atoms with van der Waals surface area (Å²) >= 11 is 3.04. The van der Waals surface area contributed by atoms with E-state index in [-0.39, 0.29) is 11.8 Å². The first-order chi connectivity index (χ1) is 13.1. The van der Waals surface area contributed by atoms with Gasteiger partial charge in [0.2, 0.25) is 11.8 Å². The summed E-state index contributed by atoms with van der Waals surface area (Å²) in [7, 11) is 0. The smallest absolute Gasteiger partial charge is 0.237 e. The van der Waals surface area contributed by atoms with Gasteiger partial charge in [-0.15, -0.1) is 11.3 Å². The fourth-order valence-electron chi connectivity index (χ4n) is 3.24. The maximum absolute atomic E-state index is 12.8. The van der Waals surface area contributed by atoms with E-state index in [1.54, 1.807) is 11.3 Å². The molecule has 27 heavy (non-hydrogen) atoms. The molecule has 0 atom stereocenters. The molecule has 1 aromatic heterocycles. The lowest BCUT2D eigenvalue weighted by molar-refractivity contribution is -0.116. The zero-order valence-corrected chi connectivity index (χ0v) is 16.5. The van der Waals surface area contributed by atoms with E-state index in [0.717, 1.165) is 45.3 Å². The fourth-order valence-corrected chi connectivity index (χ4v) is 5.17. The normalized spacial score (nSPS) is 13.4. The molecule has 0 saturated carbocycles. The largest absolute Gasteiger partial charge is 0.326 e. The lowest BCUT2D eigenvalue weighted by Crippen LogP contribution is -2.36. The van der Waals surface area contributed by atoms with Crippen molar-refractivity contribution in [2.75, 3.05) is 22.5 Å². The average molecular weight is 398 g/mol. The van der Waals surface area contributed by atoms with Crippen LogP contribution < -0.4 is 10.2 Å². The van der Waals surface area contributed by atoms with Crippen LogP contribution in [0.3, 0.4) is 0 Å². The highest BCUT2D eigenvalue weighted by molar-refractivity contribution is 8.01. The highest BCUT2D eigenvalue weighted by Gasteiger charge is 2.22. The number of amides is 2. The van der Waals surface area contributed by atoms with Crippen molar-refractivity contribution in [3.63, 3.8) is 0 Å². The molecule has 0 unspecified atom stereocenters. The summed E-state index contributed by atoms with van der Waals surface area (Å²) < 4.78 is 1.91. The summed E-state index contributed by atoms with van der Waals surface area (Å²) in [5.41, 5.74) is 3.86. The van der Waals surface area contributed by atoms with Crippen molar-refractivity contribution in [1.29, 1.82) is 0 Å². The van der Waals surface area contributed by atoms with Crippen LogP contribution in [-0.4, -0.2) is 29.1 Å². The molecule has 2 amide bonds. The molecule has 0 saturated heterocycles. The van der Waals surface area contributed by atoms with Crippen LogP contribution in [0.2, 0.25) is 0 Å². The molecular formula is C20H19N3O2S2. The van der Waals surface area contributed by atoms with Crippen LogP contribution in [-0.2, 0) is 16.0 Å². The number of fused-ring (bicyclic) bond motifs is 2. The number of rotatable bonds is 4. The van der Waals surface area contributed by atoms with Crippen molar-refractivity contribution < 1.29 is 9.59 Å². The molecule has 5 nitrogen and oxygen atoms in total. The first-order valence-electron chi connectivity index (χ1n) is 8.79. The first kappa shape index (κ1) is 18.0. The van der Waals surface area contributed by atoms with E-state index in [4.69, 9.17) is 0 Å². The van der Waals surface area contributed by atoms with Gasteiger partial charge in [-0.1, -0.05) is 30.0 Å². The quantitative estimate of drug-likeness (QED) is 0.666. The van der Waals surface area contributed by atoms with Gasteiger partial charge in [0.1, 0.15) is 0 Å². The summed E-state index contributed by atoms with van der Waals surface area (Å²) in [6, 6.07) is 13.8. The predicted molar refractivity (Wildman–Crippen MR) is 112 cm³/mol. The molecule has 2 heterocycles. The Morgan fingerprint density at radius 3 is 2.96 bits per heavy atom. The Labute approximate surface area is 165 Å². The minimum Gasteiger partial charge on any atom is -0.326 e. The van der Waals surface area contributed by atoms with Gasteiger partial charge in [0.05, 0.1) is 16.0 Å². The summed E-state index contributed by atoms with van der Waals surface area (Å²) in [5.74, 6) is 0.379. The molecule has 0 spiro atoms. The molecule has 0 fully saturated rings. The standard InChI is InChI=1S/C20H19N3O2S2/c1-13(24)21-15-8-9-18-16(11-15)22-20(27-18)26-12-19(25)23-10-4-6-14-5-2-3-7-17(14)23/h2-3,5,7-9,11H,4,6,10,12H2,1H3,(H,21,24). The maximum Gasteiger partial charge on any atom is 0.237 e. The second-order valence-electron chi connectivity index (χ2n) is 6.41. The molecule has 138 valence electrons. The molecule has 1 aliphatic rings. The number of aryl methyl sites for hydroxylation is 1. The molecule has 1 aliphatic heterocycles. The minimum atomic E-state index is -0.105. The zero-order valence-electron chi connectivity index (χ0n) is 14.9. The number of nitrogens with zero attached hydrogens (tertiary/aromatic N) is 2. The van der Waals surface area contributed by atoms with E-state index in [1.165, 1.54) is 24.2 Å². The van der Waals surface area contributed by atoms with Gasteiger partial charge >= 0.3 is 0 Å². The Bertz CT molecular complexity index is 1020. The van der Waals surface area contributed by atoms with E-state index in [9.17, 15) is 9.59 Å². The lowest BCUT2D eigenvalue weighted by atomic mass is 10.0. The van der Waals surface area contributed by atoms with Crippen molar-refractivity contribution in [2.45, 2.75) is 24.1 Å². The van der Waals surface area contributed by atoms with Gasteiger partial charge in [-0.25, -0.2) is 4.98 Å². The first-order valence-corrected chi connectivity index (χ1v) is 10.6. The Balaban J connectivity index is 1.46. The van der Waals surface area contributed by atoms with Crippen LogP contribution >= 0.6 is 23.1 Å². The fraction of sp³-hybridized carbons (Fsp3) is 0.250. The number of benzene rings is 2. The van der Waals surface area contributed by atoms with Crippen LogP contribution in [0, 0.1) is 0 Å². The van der Waals surface area contributed by atoms with Crippen molar-refractivity contribution in [1.82, 2.24) is 4.98 Å². The van der Waals surface area contributed by atoms with Gasteiger partial charge in [-0.05, 0) is 42.7 Å². The molecule has 0 bridgehead atoms. The van der Waals surface area contributed by atoms with Gasteiger partial charge in [-0.2, -0.15) is 0 Å². The Kier molecular flexibility index (Phi) is 5.13. The summed E-state index contributed by atoms with van der Waals surface area (Å²) in [4.78, 5) is 30.5. The molecule has 0 aliphatic carbocycles. The topological polar surface area (TPSA) is 62.3 Å². The Morgan fingerprint density at radius 1 is 1.26 bits per heavy atom. The number of carbonyl (C=O) groups is 2. The molecule has 3 aromatic rings. The number of aromatic nitrogens is 1. The number of para-hydroxylation sites is 1. The molecule has 7 heteroatoms. The van der Waals surface area contributed by atoms with E-state index < -0.39 is 0 Å². The van der Waals surface area contributed by atoms with Gasteiger partial charge in [0.15, 0.2) is 4.34 Å². The van der Waals surface area contributed by atoms with Crippen molar-refractivity contribution in [2.24, 2.45) is 0 Å². The van der Waals surface area contributed by atoms with Gasteiger partial charge < -0.3 is 10.2 Å². The monoisotopic (exact) mass is 397 g/mol. The number of carbonyl (C=O) groups excluding carboxylic acids is 2. The van der Waals surface area contributed by atoms with Gasteiger partial charge in [0, 0.05) is 24.8 Å². The van der Waals surface area contributed by atoms with Crippen LogP contribution in [0.5, 0.6) is 0 Å². The van der Waals surface area contributed by atoms with E-state index >= 15 is 0 Å². The van der Waals surface area contributed by atoms with Crippen LogP contribution in [0.4, 0.5) is 11.4 Å². The molecule has 0 radical (unpaired) electrons. The Morgan fingerprint density at radius 2 is 2.11 bits per heavy atom. The average Bonchev–Trinajstić information content (AvgIpc) is 3.07. The third kappa shape index (κ3) is 3.99. The highest BCUT2D eigenvalue weighted by atomic mass is 32.2. The SMILES string of the molecule is CC(=O)Nc1ccc2sc(SCC(=O)N3CCCc4ccccc43)nc2c1. The third-order valence-corrected chi connectivity index (χ3v) is 6.58. The lowest BCUT2D eigenvalue weighted by Gasteiger charge is -2.29. The number of thiazole rings is 1. The Hall–Kier alpha value is -2.38. The zero-order chi connectivity index (χ0) is 18.8. The number of hydrogen-bond donors (Lipinski definition) is 1. The van der Waals surface area contributed by atoms with E-state index in [0.29, 0.717) is 5.75 Å². The van der Waals surface area contributed by atoms with E-state index in [1.807, 2.05) is 41.3 Å². The molecule has 1 N–H and O–H groups in total. The maximum atomic E-state index is 12.8. The summed E-state index contributed by atoms with van der Waals surface area (Å²) in [6.07, 6.45) is 2.03. The molecular weight excluding hydrogens is 378 g/mol. The minimum absolute atomic E-state index is 0.105. The summed E-state index contributed by atoms with van der Waals surface area (Å²) in [5, 5.41) is 2.77. The number of anilines is 2. The van der Waals surface area contributed by atoms with E-state index in [2.05, 4.69) is 16.4 Å². The number of hydrogen-bond acceptors (Lipinski definition) is 5.